The van der Waals surface area contributed by atoms with E-state index in [4.69, 9.17) is 5.11 Å². The Balaban J connectivity index is 4.38. The van der Waals surface area contributed by atoms with Crippen LogP contribution in [-0.4, -0.2) is 56.1 Å². The molecular formula is C13H18O5. The monoisotopic (exact) mass is 254 g/mol. The summed E-state index contributed by atoms with van der Waals surface area (Å²) in [7, 11) is 0. The summed E-state index contributed by atoms with van der Waals surface area (Å²) in [6.45, 7) is 4.82. The molecule has 0 aromatic rings. The minimum Gasteiger partial charge on any atom is -0.392 e. The van der Waals surface area contributed by atoms with Gasteiger partial charge in [-0.25, -0.2) is 0 Å². The van der Waals surface area contributed by atoms with Crippen molar-refractivity contribution in [1.29, 1.82) is 0 Å². The largest absolute Gasteiger partial charge is 0.392 e. The second kappa shape index (κ2) is 8.71. The molecule has 0 fully saturated rings. The van der Waals surface area contributed by atoms with E-state index in [9.17, 15) is 20.4 Å². The van der Waals surface area contributed by atoms with Crippen molar-refractivity contribution in [2.24, 2.45) is 0 Å². The zero-order chi connectivity index (χ0) is 14.1. The second-order valence-electron chi connectivity index (χ2n) is 3.78. The molecule has 5 atom stereocenters. The number of hydrogen-bond donors (Lipinski definition) is 5. The van der Waals surface area contributed by atoms with Crippen LogP contribution in [0.5, 0.6) is 0 Å². The third-order valence-corrected chi connectivity index (χ3v) is 2.03. The maximum absolute atomic E-state index is 9.43. The van der Waals surface area contributed by atoms with E-state index in [-0.39, 0.29) is 6.42 Å². The van der Waals surface area contributed by atoms with E-state index < -0.39 is 30.5 Å². The second-order valence-corrected chi connectivity index (χ2v) is 3.78. The standard InChI is InChI=1S/C13H18O5/c1-3-10(15)12(17)13(18)11(16)8-6-4-5-7-9(2)14/h3,9-18H,1,7H2,2H3. The normalized spacial score (nSPS) is 18.1. The molecule has 0 bridgehead atoms. The molecule has 0 aliphatic rings. The van der Waals surface area contributed by atoms with Gasteiger partial charge in [-0.05, 0) is 18.8 Å². The number of aliphatic hydroxyl groups excluding tert-OH is 5. The van der Waals surface area contributed by atoms with E-state index in [1.54, 1.807) is 6.92 Å². The summed E-state index contributed by atoms with van der Waals surface area (Å²) >= 11 is 0. The lowest BCUT2D eigenvalue weighted by atomic mass is 10.0. The van der Waals surface area contributed by atoms with Gasteiger partial charge in [0.05, 0.1) is 6.10 Å². The van der Waals surface area contributed by atoms with Crippen LogP contribution in [-0.2, 0) is 0 Å². The molecule has 5 nitrogen and oxygen atoms in total. The van der Waals surface area contributed by atoms with Gasteiger partial charge in [0.15, 0.2) is 0 Å². The smallest absolute Gasteiger partial charge is 0.144 e. The van der Waals surface area contributed by atoms with Gasteiger partial charge in [-0.15, -0.1) is 6.58 Å². The van der Waals surface area contributed by atoms with E-state index in [1.165, 1.54) is 0 Å². The van der Waals surface area contributed by atoms with Gasteiger partial charge in [-0.1, -0.05) is 17.9 Å². The minimum absolute atomic E-state index is 0.255. The molecule has 0 saturated carbocycles. The summed E-state index contributed by atoms with van der Waals surface area (Å²) in [6, 6.07) is 0. The lowest BCUT2D eigenvalue weighted by Crippen LogP contribution is -2.43. The molecule has 5 heteroatoms. The highest BCUT2D eigenvalue weighted by molar-refractivity contribution is 5.28. The van der Waals surface area contributed by atoms with E-state index >= 15 is 0 Å². The summed E-state index contributed by atoms with van der Waals surface area (Å²) < 4.78 is 0. The van der Waals surface area contributed by atoms with Gasteiger partial charge in [-0.3, -0.25) is 0 Å². The molecule has 18 heavy (non-hydrogen) atoms. The molecular weight excluding hydrogens is 236 g/mol. The van der Waals surface area contributed by atoms with Gasteiger partial charge in [0.2, 0.25) is 0 Å². The summed E-state index contributed by atoms with van der Waals surface area (Å²) in [6.07, 6.45) is -5.34. The highest BCUT2D eigenvalue weighted by atomic mass is 16.4. The quantitative estimate of drug-likeness (QED) is 0.300. The fourth-order valence-electron chi connectivity index (χ4n) is 0.967. The molecule has 0 heterocycles. The van der Waals surface area contributed by atoms with Crippen molar-refractivity contribution in [3.63, 3.8) is 0 Å². The topological polar surface area (TPSA) is 101 Å². The van der Waals surface area contributed by atoms with Gasteiger partial charge in [0.25, 0.3) is 0 Å². The van der Waals surface area contributed by atoms with Crippen molar-refractivity contribution in [2.75, 3.05) is 0 Å². The van der Waals surface area contributed by atoms with E-state index in [0.717, 1.165) is 6.08 Å². The molecule has 0 aliphatic heterocycles. The van der Waals surface area contributed by atoms with Crippen LogP contribution in [0, 0.1) is 23.7 Å². The Morgan fingerprint density at radius 2 is 1.67 bits per heavy atom. The Hall–Kier alpha value is -1.34. The fraction of sp³-hybridized carbons (Fsp3) is 0.538. The van der Waals surface area contributed by atoms with Gasteiger partial charge in [0.1, 0.15) is 24.4 Å². The van der Waals surface area contributed by atoms with Crippen molar-refractivity contribution in [3.05, 3.63) is 12.7 Å². The van der Waals surface area contributed by atoms with Crippen LogP contribution < -0.4 is 0 Å². The van der Waals surface area contributed by atoms with Crippen LogP contribution >= 0.6 is 0 Å². The summed E-state index contributed by atoms with van der Waals surface area (Å²) in [5, 5.41) is 46.3. The molecule has 100 valence electrons. The molecule has 5 unspecified atom stereocenters. The molecule has 0 aliphatic carbocycles. The molecule has 0 rings (SSSR count). The Morgan fingerprint density at radius 3 is 2.17 bits per heavy atom. The van der Waals surface area contributed by atoms with Crippen LogP contribution in [0.3, 0.4) is 0 Å². The van der Waals surface area contributed by atoms with Gasteiger partial charge >= 0.3 is 0 Å². The highest BCUT2D eigenvalue weighted by Gasteiger charge is 2.27. The summed E-state index contributed by atoms with van der Waals surface area (Å²) in [5.74, 6) is 9.42. The first kappa shape index (κ1) is 16.7. The molecule has 0 radical (unpaired) electrons. The van der Waals surface area contributed by atoms with E-state index in [0.29, 0.717) is 0 Å². The van der Waals surface area contributed by atoms with Crippen LogP contribution in [0.4, 0.5) is 0 Å². The van der Waals surface area contributed by atoms with Crippen molar-refractivity contribution in [1.82, 2.24) is 0 Å². The highest BCUT2D eigenvalue weighted by Crippen LogP contribution is 2.05. The SMILES string of the molecule is C=CC(O)C(O)C(O)C(O)C#CC#CCC(C)O. The van der Waals surface area contributed by atoms with E-state index in [2.05, 4.69) is 30.3 Å². The third-order valence-electron chi connectivity index (χ3n) is 2.03. The number of hydrogen-bond acceptors (Lipinski definition) is 5. The first-order valence-corrected chi connectivity index (χ1v) is 5.41. The minimum atomic E-state index is -1.62. The average molecular weight is 254 g/mol. The predicted molar refractivity (Wildman–Crippen MR) is 66.1 cm³/mol. The molecule has 0 aromatic carbocycles. The van der Waals surface area contributed by atoms with E-state index in [1.807, 2.05) is 0 Å². The summed E-state index contributed by atoms with van der Waals surface area (Å²) in [4.78, 5) is 0. The third kappa shape index (κ3) is 6.41. The molecule has 0 amide bonds. The first-order valence-electron chi connectivity index (χ1n) is 5.41. The Kier molecular flexibility index (Phi) is 8.06. The zero-order valence-electron chi connectivity index (χ0n) is 10.1. The average Bonchev–Trinajstić information content (AvgIpc) is 2.34. The van der Waals surface area contributed by atoms with Crippen molar-refractivity contribution >= 4 is 0 Å². The summed E-state index contributed by atoms with van der Waals surface area (Å²) in [5.41, 5.74) is 0. The molecule has 5 N–H and O–H groups in total. The predicted octanol–water partition coefficient (Wildman–Crippen LogP) is -1.61. The van der Waals surface area contributed by atoms with Crippen LogP contribution in [0.25, 0.3) is 0 Å². The van der Waals surface area contributed by atoms with Crippen molar-refractivity contribution < 1.29 is 25.5 Å². The Bertz CT molecular complexity index is 368. The first-order chi connectivity index (χ1) is 8.40. The fourth-order valence-corrected chi connectivity index (χ4v) is 0.967. The Morgan fingerprint density at radius 1 is 1.06 bits per heavy atom. The maximum Gasteiger partial charge on any atom is 0.144 e. The van der Waals surface area contributed by atoms with Gasteiger partial charge in [-0.2, -0.15) is 0 Å². The lowest BCUT2D eigenvalue weighted by molar-refractivity contribution is -0.0776. The maximum atomic E-state index is 9.43. The van der Waals surface area contributed by atoms with Crippen LogP contribution in [0.15, 0.2) is 12.7 Å². The lowest BCUT2D eigenvalue weighted by Gasteiger charge is -2.21. The van der Waals surface area contributed by atoms with Gasteiger partial charge in [0, 0.05) is 6.42 Å². The molecule has 0 spiro atoms. The van der Waals surface area contributed by atoms with Crippen molar-refractivity contribution in [3.8, 4) is 23.7 Å². The number of rotatable bonds is 5. The van der Waals surface area contributed by atoms with Crippen LogP contribution in [0.2, 0.25) is 0 Å². The number of aliphatic hydroxyl groups is 5. The van der Waals surface area contributed by atoms with Crippen molar-refractivity contribution in [2.45, 2.75) is 43.9 Å². The Labute approximate surface area is 106 Å². The van der Waals surface area contributed by atoms with Gasteiger partial charge < -0.3 is 25.5 Å². The molecule has 0 saturated heterocycles. The molecule has 0 aromatic heterocycles. The van der Waals surface area contributed by atoms with Crippen LogP contribution in [0.1, 0.15) is 13.3 Å². The zero-order valence-corrected chi connectivity index (χ0v) is 10.1.